The van der Waals surface area contributed by atoms with Crippen molar-refractivity contribution in [3.8, 4) is 17.6 Å². The molecule has 1 heterocycles. The second kappa shape index (κ2) is 10.2. The van der Waals surface area contributed by atoms with Gasteiger partial charge in [0.1, 0.15) is 0 Å². The van der Waals surface area contributed by atoms with Crippen molar-refractivity contribution in [1.29, 1.82) is 5.26 Å². The van der Waals surface area contributed by atoms with Gasteiger partial charge in [0.15, 0.2) is 11.5 Å². The van der Waals surface area contributed by atoms with Crippen molar-refractivity contribution < 1.29 is 14.3 Å². The molecule has 0 aliphatic carbocycles. The van der Waals surface area contributed by atoms with Crippen molar-refractivity contribution in [2.75, 3.05) is 20.8 Å². The van der Waals surface area contributed by atoms with Crippen molar-refractivity contribution in [1.82, 2.24) is 10.2 Å². The summed E-state index contributed by atoms with van der Waals surface area (Å²) in [5, 5.41) is 11.9. The molecular formula is C27H27N3O3. The number of carbonyl (C=O) groups excluding carboxylic acids is 1. The number of amides is 1. The highest BCUT2D eigenvalue weighted by atomic mass is 16.5. The monoisotopic (exact) mass is 441 g/mol. The van der Waals surface area contributed by atoms with E-state index in [-0.39, 0.29) is 5.91 Å². The standard InChI is InChI=1S/C27H27N3O3/c1-32-25-13-21-11-12-30(18-24(21)14-26(25)33-2)17-23-6-4-3-5-22(23)16-29-27(31)20-9-7-19(15-28)8-10-20/h3-10,13-14H,11-12,16-18H2,1-2H3,(H,29,31). The summed E-state index contributed by atoms with van der Waals surface area (Å²) in [6.07, 6.45) is 0.952. The molecule has 0 saturated carbocycles. The van der Waals surface area contributed by atoms with Crippen LogP contribution in [0.3, 0.4) is 0 Å². The normalized spacial score (nSPS) is 13.0. The molecule has 33 heavy (non-hydrogen) atoms. The Morgan fingerprint density at radius 2 is 1.67 bits per heavy atom. The topological polar surface area (TPSA) is 74.6 Å². The van der Waals surface area contributed by atoms with Gasteiger partial charge in [-0.05, 0) is 65.1 Å². The van der Waals surface area contributed by atoms with Gasteiger partial charge in [-0.2, -0.15) is 5.26 Å². The van der Waals surface area contributed by atoms with Gasteiger partial charge in [-0.25, -0.2) is 0 Å². The number of benzene rings is 3. The maximum atomic E-state index is 12.5. The minimum absolute atomic E-state index is 0.151. The van der Waals surface area contributed by atoms with E-state index in [2.05, 4.69) is 40.6 Å². The first-order chi connectivity index (χ1) is 16.1. The smallest absolute Gasteiger partial charge is 0.251 e. The average molecular weight is 442 g/mol. The summed E-state index contributed by atoms with van der Waals surface area (Å²) in [5.41, 5.74) is 5.93. The molecule has 0 fully saturated rings. The summed E-state index contributed by atoms with van der Waals surface area (Å²) in [4.78, 5) is 15.0. The second-order valence-corrected chi connectivity index (χ2v) is 8.08. The number of carbonyl (C=O) groups is 1. The maximum Gasteiger partial charge on any atom is 0.251 e. The van der Waals surface area contributed by atoms with Crippen LogP contribution in [0.5, 0.6) is 11.5 Å². The van der Waals surface area contributed by atoms with Gasteiger partial charge in [-0.15, -0.1) is 0 Å². The molecule has 1 amide bonds. The van der Waals surface area contributed by atoms with E-state index in [0.717, 1.165) is 43.1 Å². The fourth-order valence-electron chi connectivity index (χ4n) is 4.18. The van der Waals surface area contributed by atoms with E-state index in [9.17, 15) is 4.79 Å². The van der Waals surface area contributed by atoms with Crippen LogP contribution in [0.2, 0.25) is 0 Å². The quantitative estimate of drug-likeness (QED) is 0.598. The Labute approximate surface area is 194 Å². The van der Waals surface area contributed by atoms with Crippen LogP contribution < -0.4 is 14.8 Å². The zero-order valence-electron chi connectivity index (χ0n) is 18.9. The maximum absolute atomic E-state index is 12.5. The van der Waals surface area contributed by atoms with E-state index in [1.807, 2.05) is 12.1 Å². The number of fused-ring (bicyclic) bond motifs is 1. The van der Waals surface area contributed by atoms with Crippen molar-refractivity contribution in [3.63, 3.8) is 0 Å². The number of nitrogens with one attached hydrogen (secondary N) is 1. The molecule has 6 heteroatoms. The minimum atomic E-state index is -0.151. The highest BCUT2D eigenvalue weighted by Gasteiger charge is 2.20. The van der Waals surface area contributed by atoms with Crippen molar-refractivity contribution in [2.45, 2.75) is 26.1 Å². The van der Waals surface area contributed by atoms with Gasteiger partial charge in [-0.1, -0.05) is 24.3 Å². The van der Waals surface area contributed by atoms with Crippen LogP contribution in [0.4, 0.5) is 0 Å². The molecule has 0 radical (unpaired) electrons. The molecular weight excluding hydrogens is 414 g/mol. The van der Waals surface area contributed by atoms with E-state index in [1.54, 1.807) is 38.5 Å². The van der Waals surface area contributed by atoms with Crippen LogP contribution in [0, 0.1) is 11.3 Å². The lowest BCUT2D eigenvalue weighted by molar-refractivity contribution is 0.0950. The Hall–Kier alpha value is -3.82. The molecule has 4 rings (SSSR count). The molecule has 0 aromatic heterocycles. The molecule has 0 saturated heterocycles. The Morgan fingerprint density at radius 1 is 1.00 bits per heavy atom. The predicted molar refractivity (Wildman–Crippen MR) is 126 cm³/mol. The highest BCUT2D eigenvalue weighted by molar-refractivity contribution is 5.94. The first-order valence-electron chi connectivity index (χ1n) is 10.9. The number of ether oxygens (including phenoxy) is 2. The van der Waals surface area contributed by atoms with Gasteiger partial charge in [0, 0.05) is 31.7 Å². The molecule has 1 aliphatic rings. The van der Waals surface area contributed by atoms with Crippen LogP contribution >= 0.6 is 0 Å². The summed E-state index contributed by atoms with van der Waals surface area (Å²) in [7, 11) is 3.32. The second-order valence-electron chi connectivity index (χ2n) is 8.08. The van der Waals surface area contributed by atoms with Gasteiger partial charge in [0.05, 0.1) is 25.9 Å². The SMILES string of the molecule is COc1cc2c(cc1OC)CN(Cc1ccccc1CNC(=O)c1ccc(C#N)cc1)CC2. The number of rotatable bonds is 7. The predicted octanol–water partition coefficient (Wildman–Crippen LogP) is 4.06. The summed E-state index contributed by atoms with van der Waals surface area (Å²) < 4.78 is 10.9. The number of nitriles is 1. The van der Waals surface area contributed by atoms with Gasteiger partial charge in [-0.3, -0.25) is 9.69 Å². The fraction of sp³-hybridized carbons (Fsp3) is 0.259. The Balaban J connectivity index is 1.43. The van der Waals surface area contributed by atoms with Crippen LogP contribution in [0.1, 0.15) is 38.2 Å². The van der Waals surface area contributed by atoms with Crippen molar-refractivity contribution >= 4 is 5.91 Å². The Kier molecular flexibility index (Phi) is 6.92. The van der Waals surface area contributed by atoms with Crippen LogP contribution in [0.25, 0.3) is 0 Å². The van der Waals surface area contributed by atoms with E-state index in [1.165, 1.54) is 16.7 Å². The van der Waals surface area contributed by atoms with Crippen molar-refractivity contribution in [3.05, 3.63) is 94.0 Å². The lowest BCUT2D eigenvalue weighted by atomic mass is 9.97. The Bertz CT molecular complexity index is 1180. The van der Waals surface area contributed by atoms with Gasteiger partial charge in [0.25, 0.3) is 5.91 Å². The Morgan fingerprint density at radius 3 is 2.33 bits per heavy atom. The average Bonchev–Trinajstić information content (AvgIpc) is 2.87. The fourth-order valence-corrected chi connectivity index (χ4v) is 4.18. The van der Waals surface area contributed by atoms with E-state index in [0.29, 0.717) is 17.7 Å². The third kappa shape index (κ3) is 5.16. The van der Waals surface area contributed by atoms with Gasteiger partial charge in [0.2, 0.25) is 0 Å². The van der Waals surface area contributed by atoms with E-state index >= 15 is 0 Å². The zero-order chi connectivity index (χ0) is 23.2. The van der Waals surface area contributed by atoms with Gasteiger partial charge < -0.3 is 14.8 Å². The molecule has 0 atom stereocenters. The highest BCUT2D eigenvalue weighted by Crippen LogP contribution is 2.33. The van der Waals surface area contributed by atoms with Crippen LogP contribution in [-0.2, 0) is 26.1 Å². The first kappa shape index (κ1) is 22.4. The van der Waals surface area contributed by atoms with Crippen LogP contribution in [-0.4, -0.2) is 31.6 Å². The molecule has 0 bridgehead atoms. The summed E-state index contributed by atoms with van der Waals surface area (Å²) in [6.45, 7) is 3.04. The minimum Gasteiger partial charge on any atom is -0.493 e. The zero-order valence-corrected chi connectivity index (χ0v) is 18.9. The van der Waals surface area contributed by atoms with E-state index < -0.39 is 0 Å². The van der Waals surface area contributed by atoms with Gasteiger partial charge >= 0.3 is 0 Å². The van der Waals surface area contributed by atoms with Crippen LogP contribution in [0.15, 0.2) is 60.7 Å². The molecule has 3 aromatic carbocycles. The lowest BCUT2D eigenvalue weighted by Crippen LogP contribution is -2.31. The van der Waals surface area contributed by atoms with Crippen molar-refractivity contribution in [2.24, 2.45) is 0 Å². The summed E-state index contributed by atoms with van der Waals surface area (Å²) in [6, 6.07) is 21.1. The number of hydrogen-bond donors (Lipinski definition) is 1. The third-order valence-electron chi connectivity index (χ3n) is 6.03. The largest absolute Gasteiger partial charge is 0.493 e. The molecule has 168 valence electrons. The molecule has 1 aliphatic heterocycles. The first-order valence-corrected chi connectivity index (χ1v) is 10.9. The number of nitrogens with zero attached hydrogens (tertiary/aromatic N) is 2. The third-order valence-corrected chi connectivity index (χ3v) is 6.03. The number of methoxy groups -OCH3 is 2. The molecule has 6 nitrogen and oxygen atoms in total. The molecule has 0 spiro atoms. The molecule has 0 unspecified atom stereocenters. The molecule has 3 aromatic rings. The molecule has 1 N–H and O–H groups in total. The van der Waals surface area contributed by atoms with E-state index in [4.69, 9.17) is 14.7 Å². The lowest BCUT2D eigenvalue weighted by Gasteiger charge is -2.30. The summed E-state index contributed by atoms with van der Waals surface area (Å²) >= 11 is 0. The number of hydrogen-bond acceptors (Lipinski definition) is 5. The summed E-state index contributed by atoms with van der Waals surface area (Å²) in [5.74, 6) is 1.37.